The highest BCUT2D eigenvalue weighted by atomic mass is 16.2. The molecule has 3 heteroatoms. The summed E-state index contributed by atoms with van der Waals surface area (Å²) in [6.45, 7) is 5.17. The first-order valence-corrected chi connectivity index (χ1v) is 7.66. The van der Waals surface area contributed by atoms with Crippen molar-refractivity contribution in [3.05, 3.63) is 65.7 Å². The lowest BCUT2D eigenvalue weighted by Gasteiger charge is -2.24. The van der Waals surface area contributed by atoms with Crippen LogP contribution >= 0.6 is 0 Å². The number of nitrogens with zero attached hydrogens (tertiary/aromatic N) is 2. The molecule has 2 aromatic carbocycles. The SMILES string of the molecule is CC(C)CN1C(=O)CN=C(c2ccccc2)c2ccccc21. The van der Waals surface area contributed by atoms with Crippen LogP contribution in [0.3, 0.4) is 0 Å². The van der Waals surface area contributed by atoms with Gasteiger partial charge in [0.15, 0.2) is 0 Å². The van der Waals surface area contributed by atoms with Gasteiger partial charge in [-0.3, -0.25) is 9.79 Å². The molecule has 0 bridgehead atoms. The molecular weight excluding hydrogens is 272 g/mol. The number of benzodiazepines with no additional fused rings is 1. The molecule has 0 N–H and O–H groups in total. The Bertz CT molecular complexity index is 704. The van der Waals surface area contributed by atoms with E-state index in [2.05, 4.69) is 18.8 Å². The van der Waals surface area contributed by atoms with Crippen LogP contribution in [0.5, 0.6) is 0 Å². The highest BCUT2D eigenvalue weighted by Gasteiger charge is 2.25. The Balaban J connectivity index is 2.12. The average molecular weight is 292 g/mol. The van der Waals surface area contributed by atoms with Crippen molar-refractivity contribution in [2.24, 2.45) is 10.9 Å². The summed E-state index contributed by atoms with van der Waals surface area (Å²) in [6.07, 6.45) is 0. The zero-order valence-electron chi connectivity index (χ0n) is 13.0. The summed E-state index contributed by atoms with van der Waals surface area (Å²) in [7, 11) is 0. The lowest BCUT2D eigenvalue weighted by molar-refractivity contribution is -0.117. The Morgan fingerprint density at radius 3 is 2.45 bits per heavy atom. The van der Waals surface area contributed by atoms with Gasteiger partial charge in [0.1, 0.15) is 6.54 Å². The molecular formula is C19H20N2O. The van der Waals surface area contributed by atoms with Crippen molar-refractivity contribution in [2.45, 2.75) is 13.8 Å². The number of carbonyl (C=O) groups is 1. The van der Waals surface area contributed by atoms with Gasteiger partial charge in [-0.05, 0) is 12.0 Å². The molecule has 112 valence electrons. The number of rotatable bonds is 3. The summed E-state index contributed by atoms with van der Waals surface area (Å²) < 4.78 is 0. The van der Waals surface area contributed by atoms with Gasteiger partial charge in [-0.15, -0.1) is 0 Å². The fourth-order valence-electron chi connectivity index (χ4n) is 2.77. The van der Waals surface area contributed by atoms with Gasteiger partial charge in [-0.2, -0.15) is 0 Å². The van der Waals surface area contributed by atoms with Crippen molar-refractivity contribution < 1.29 is 4.79 Å². The van der Waals surface area contributed by atoms with Crippen LogP contribution in [0.2, 0.25) is 0 Å². The van der Waals surface area contributed by atoms with Crippen LogP contribution in [-0.4, -0.2) is 24.7 Å². The largest absolute Gasteiger partial charge is 0.310 e. The zero-order chi connectivity index (χ0) is 15.5. The second-order valence-corrected chi connectivity index (χ2v) is 5.95. The maximum absolute atomic E-state index is 12.5. The second-order valence-electron chi connectivity index (χ2n) is 5.95. The minimum atomic E-state index is 0.0621. The van der Waals surface area contributed by atoms with Crippen LogP contribution in [-0.2, 0) is 4.79 Å². The van der Waals surface area contributed by atoms with E-state index in [9.17, 15) is 4.79 Å². The number of amides is 1. The maximum Gasteiger partial charge on any atom is 0.248 e. The standard InChI is InChI=1S/C19H20N2O/c1-14(2)13-21-17-11-7-6-10-16(17)19(20-12-18(21)22)15-8-4-3-5-9-15/h3-11,14H,12-13H2,1-2H3. The predicted molar refractivity (Wildman–Crippen MR) is 90.6 cm³/mol. The highest BCUT2D eigenvalue weighted by Crippen LogP contribution is 2.27. The molecule has 0 saturated heterocycles. The summed E-state index contributed by atoms with van der Waals surface area (Å²) in [5.74, 6) is 0.474. The fourth-order valence-corrected chi connectivity index (χ4v) is 2.77. The number of carbonyl (C=O) groups excluding carboxylic acids is 1. The third-order valence-electron chi connectivity index (χ3n) is 3.72. The van der Waals surface area contributed by atoms with Crippen molar-refractivity contribution >= 4 is 17.3 Å². The summed E-state index contributed by atoms with van der Waals surface area (Å²) in [5.41, 5.74) is 3.94. The molecule has 0 fully saturated rings. The molecule has 0 aliphatic carbocycles. The van der Waals surface area contributed by atoms with Gasteiger partial charge in [0, 0.05) is 17.7 Å². The lowest BCUT2D eigenvalue weighted by Crippen LogP contribution is -2.35. The van der Waals surface area contributed by atoms with E-state index < -0.39 is 0 Å². The van der Waals surface area contributed by atoms with E-state index in [0.29, 0.717) is 12.5 Å². The van der Waals surface area contributed by atoms with Crippen molar-refractivity contribution in [2.75, 3.05) is 18.0 Å². The summed E-state index contributed by atoms with van der Waals surface area (Å²) in [4.78, 5) is 19.0. The van der Waals surface area contributed by atoms with Crippen molar-refractivity contribution in [3.8, 4) is 0 Å². The average Bonchev–Trinajstić information content (AvgIpc) is 2.66. The molecule has 2 aromatic rings. The molecule has 1 amide bonds. The number of fused-ring (bicyclic) bond motifs is 1. The maximum atomic E-state index is 12.5. The smallest absolute Gasteiger partial charge is 0.248 e. The van der Waals surface area contributed by atoms with Crippen LogP contribution in [0.4, 0.5) is 5.69 Å². The molecule has 22 heavy (non-hydrogen) atoms. The van der Waals surface area contributed by atoms with Crippen LogP contribution < -0.4 is 4.90 Å². The monoisotopic (exact) mass is 292 g/mol. The Labute approximate surface area is 131 Å². The molecule has 0 saturated carbocycles. The first-order valence-electron chi connectivity index (χ1n) is 7.66. The predicted octanol–water partition coefficient (Wildman–Crippen LogP) is 3.53. The van der Waals surface area contributed by atoms with Crippen molar-refractivity contribution in [1.82, 2.24) is 0 Å². The van der Waals surface area contributed by atoms with Crippen LogP contribution in [0.25, 0.3) is 0 Å². The van der Waals surface area contributed by atoms with E-state index >= 15 is 0 Å². The van der Waals surface area contributed by atoms with E-state index in [1.54, 1.807) is 0 Å². The Hall–Kier alpha value is -2.42. The van der Waals surface area contributed by atoms with Crippen LogP contribution in [0, 0.1) is 5.92 Å². The number of anilines is 1. The van der Waals surface area contributed by atoms with Gasteiger partial charge in [0.25, 0.3) is 0 Å². The van der Waals surface area contributed by atoms with Crippen molar-refractivity contribution in [1.29, 1.82) is 0 Å². The van der Waals surface area contributed by atoms with Crippen molar-refractivity contribution in [3.63, 3.8) is 0 Å². The molecule has 1 aliphatic rings. The number of para-hydroxylation sites is 1. The fraction of sp³-hybridized carbons (Fsp3) is 0.263. The minimum Gasteiger partial charge on any atom is -0.310 e. The van der Waals surface area contributed by atoms with E-state index in [0.717, 1.165) is 22.5 Å². The number of hydrogen-bond acceptors (Lipinski definition) is 2. The van der Waals surface area contributed by atoms with Crippen LogP contribution in [0.1, 0.15) is 25.0 Å². The Morgan fingerprint density at radius 2 is 1.73 bits per heavy atom. The highest BCUT2D eigenvalue weighted by molar-refractivity contribution is 6.19. The van der Waals surface area contributed by atoms with E-state index in [-0.39, 0.29) is 12.5 Å². The second kappa shape index (κ2) is 6.14. The first-order chi connectivity index (χ1) is 10.7. The van der Waals surface area contributed by atoms with Gasteiger partial charge in [-0.1, -0.05) is 62.4 Å². The minimum absolute atomic E-state index is 0.0621. The number of aliphatic imine (C=N–C) groups is 1. The van der Waals surface area contributed by atoms with E-state index in [4.69, 9.17) is 0 Å². The summed E-state index contributed by atoms with van der Waals surface area (Å²) in [5, 5.41) is 0. The molecule has 0 unspecified atom stereocenters. The summed E-state index contributed by atoms with van der Waals surface area (Å²) in [6, 6.07) is 18.1. The molecule has 0 spiro atoms. The first kappa shape index (κ1) is 14.5. The quantitative estimate of drug-likeness (QED) is 0.852. The molecule has 0 aromatic heterocycles. The van der Waals surface area contributed by atoms with Gasteiger partial charge in [0.2, 0.25) is 5.91 Å². The molecule has 0 atom stereocenters. The third kappa shape index (κ3) is 2.80. The van der Waals surface area contributed by atoms with Gasteiger partial charge in [-0.25, -0.2) is 0 Å². The zero-order valence-corrected chi connectivity index (χ0v) is 13.0. The van der Waals surface area contributed by atoms with Gasteiger partial charge < -0.3 is 4.90 Å². The molecule has 0 radical (unpaired) electrons. The third-order valence-corrected chi connectivity index (χ3v) is 3.72. The lowest BCUT2D eigenvalue weighted by atomic mass is 10.00. The molecule has 1 heterocycles. The topological polar surface area (TPSA) is 32.7 Å². The molecule has 1 aliphatic heterocycles. The van der Waals surface area contributed by atoms with E-state index in [1.165, 1.54) is 0 Å². The number of benzene rings is 2. The van der Waals surface area contributed by atoms with E-state index in [1.807, 2.05) is 59.5 Å². The Morgan fingerprint density at radius 1 is 1.05 bits per heavy atom. The van der Waals surface area contributed by atoms with Crippen LogP contribution in [0.15, 0.2) is 59.6 Å². The molecule has 3 rings (SSSR count). The Kier molecular flexibility index (Phi) is 4.05. The molecule has 3 nitrogen and oxygen atoms in total. The summed E-state index contributed by atoms with van der Waals surface area (Å²) >= 11 is 0. The van der Waals surface area contributed by atoms with Gasteiger partial charge in [0.05, 0.1) is 11.4 Å². The van der Waals surface area contributed by atoms with Gasteiger partial charge >= 0.3 is 0 Å². The number of hydrogen-bond donors (Lipinski definition) is 0. The normalized spacial score (nSPS) is 14.6.